The van der Waals surface area contributed by atoms with Gasteiger partial charge >= 0.3 is 0 Å². The van der Waals surface area contributed by atoms with Crippen LogP contribution in [0, 0.1) is 22.6 Å². The number of primary amides is 1. The SMILES string of the molecule is C[C@]1(C(N)=O)CC[C@@H](n2c(Nc3c(F)cc(C#N)cc3Cl)nc3cnc(N[C@@H]4CCC[C@H](O)C4)nc32)CC1. The number of hydrogen-bond donors (Lipinski definition) is 4. The van der Waals surface area contributed by atoms with Gasteiger partial charge in [-0.05, 0) is 63.5 Å². The summed E-state index contributed by atoms with van der Waals surface area (Å²) in [5.41, 5.74) is 6.25. The predicted octanol–water partition coefficient (Wildman–Crippen LogP) is 4.56. The summed E-state index contributed by atoms with van der Waals surface area (Å²) >= 11 is 6.32. The molecule has 1 amide bonds. The normalized spacial score (nSPS) is 25.6. The average Bonchev–Trinajstić information content (AvgIpc) is 3.23. The van der Waals surface area contributed by atoms with Crippen LogP contribution in [0.5, 0.6) is 0 Å². The smallest absolute Gasteiger partial charge is 0.224 e. The zero-order valence-electron chi connectivity index (χ0n) is 21.0. The van der Waals surface area contributed by atoms with E-state index in [4.69, 9.17) is 27.6 Å². The zero-order valence-corrected chi connectivity index (χ0v) is 21.8. The number of amides is 1. The molecule has 200 valence electrons. The molecule has 0 radical (unpaired) electrons. The first-order valence-corrected chi connectivity index (χ1v) is 13.2. The molecule has 10 nitrogen and oxygen atoms in total. The van der Waals surface area contributed by atoms with Gasteiger partial charge < -0.3 is 21.5 Å². The number of nitrogens with two attached hydrogens (primary N) is 1. The lowest BCUT2D eigenvalue weighted by Crippen LogP contribution is -2.38. The standard InChI is InChI=1S/C26H30ClFN8O2/c1-26(23(30)38)7-5-16(6-8-26)36-22-20(13-31-24(35-22)32-15-3-2-4-17(37)11-15)33-25(36)34-21-18(27)9-14(12-29)10-19(21)28/h9-10,13,15-17,37H,2-8,11H2,1H3,(H2,30,38)(H,33,34)(H,31,32,35)/t15-,16-,17+,26+/m1/s1. The average molecular weight is 541 g/mol. The highest BCUT2D eigenvalue weighted by atomic mass is 35.5. The number of nitriles is 1. The molecule has 5 N–H and O–H groups in total. The first-order valence-electron chi connectivity index (χ1n) is 12.8. The van der Waals surface area contributed by atoms with E-state index in [-0.39, 0.29) is 40.4 Å². The maximum atomic E-state index is 14.9. The van der Waals surface area contributed by atoms with E-state index < -0.39 is 11.2 Å². The van der Waals surface area contributed by atoms with Gasteiger partial charge in [0.2, 0.25) is 17.8 Å². The third-order valence-electron chi connectivity index (χ3n) is 7.84. The third-order valence-corrected chi connectivity index (χ3v) is 8.14. The number of imidazole rings is 1. The molecular formula is C26H30ClFN8O2. The molecule has 2 saturated carbocycles. The number of aromatic nitrogens is 4. The molecule has 1 aromatic carbocycles. The topological polar surface area (TPSA) is 155 Å². The van der Waals surface area contributed by atoms with Crippen LogP contribution < -0.4 is 16.4 Å². The summed E-state index contributed by atoms with van der Waals surface area (Å²) in [6, 6.07) is 4.36. The van der Waals surface area contributed by atoms with Crippen molar-refractivity contribution < 1.29 is 14.3 Å². The van der Waals surface area contributed by atoms with Crippen LogP contribution >= 0.6 is 11.6 Å². The van der Waals surface area contributed by atoms with E-state index in [0.29, 0.717) is 55.2 Å². The molecule has 2 aromatic heterocycles. The van der Waals surface area contributed by atoms with E-state index in [1.165, 1.54) is 6.07 Å². The molecule has 0 spiro atoms. The van der Waals surface area contributed by atoms with Crippen molar-refractivity contribution in [2.24, 2.45) is 11.1 Å². The van der Waals surface area contributed by atoms with E-state index in [9.17, 15) is 14.3 Å². The Hall–Kier alpha value is -3.49. The summed E-state index contributed by atoms with van der Waals surface area (Å²) in [7, 11) is 0. The maximum absolute atomic E-state index is 14.9. The molecule has 0 aliphatic heterocycles. The first-order chi connectivity index (χ1) is 18.2. The first kappa shape index (κ1) is 26.1. The van der Waals surface area contributed by atoms with Gasteiger partial charge in [-0.15, -0.1) is 0 Å². The number of aliphatic hydroxyl groups excluding tert-OH is 1. The van der Waals surface area contributed by atoms with E-state index in [2.05, 4.69) is 20.6 Å². The second kappa shape index (κ2) is 10.3. The molecule has 12 heteroatoms. The Morgan fingerprint density at radius 3 is 2.71 bits per heavy atom. The van der Waals surface area contributed by atoms with E-state index in [0.717, 1.165) is 25.3 Å². The fourth-order valence-corrected chi connectivity index (χ4v) is 5.74. The van der Waals surface area contributed by atoms with Crippen molar-refractivity contribution in [3.63, 3.8) is 0 Å². The molecule has 2 atom stereocenters. The van der Waals surface area contributed by atoms with Crippen molar-refractivity contribution in [3.8, 4) is 6.07 Å². The molecule has 3 aromatic rings. The van der Waals surface area contributed by atoms with Gasteiger partial charge in [0.15, 0.2) is 5.65 Å². The van der Waals surface area contributed by atoms with Crippen LogP contribution in [0.15, 0.2) is 18.3 Å². The highest BCUT2D eigenvalue weighted by molar-refractivity contribution is 6.33. The minimum atomic E-state index is -0.679. The van der Waals surface area contributed by atoms with E-state index >= 15 is 0 Å². The zero-order chi connectivity index (χ0) is 27.0. The van der Waals surface area contributed by atoms with Gasteiger partial charge in [0.25, 0.3) is 0 Å². The monoisotopic (exact) mass is 540 g/mol. The number of fused-ring (bicyclic) bond motifs is 1. The van der Waals surface area contributed by atoms with Crippen LogP contribution in [-0.4, -0.2) is 42.7 Å². The lowest BCUT2D eigenvalue weighted by Gasteiger charge is -2.35. The Balaban J connectivity index is 1.53. The Bertz CT molecular complexity index is 1390. The van der Waals surface area contributed by atoms with Crippen molar-refractivity contribution >= 4 is 46.3 Å². The number of rotatable bonds is 6. The molecule has 0 saturated heterocycles. The van der Waals surface area contributed by atoms with Crippen LogP contribution in [0.25, 0.3) is 11.2 Å². The number of carbonyl (C=O) groups excluding carboxylic acids is 1. The largest absolute Gasteiger partial charge is 0.393 e. The Morgan fingerprint density at radius 2 is 2.05 bits per heavy atom. The van der Waals surface area contributed by atoms with E-state index in [1.807, 2.05) is 17.6 Å². The minimum Gasteiger partial charge on any atom is -0.393 e. The summed E-state index contributed by atoms with van der Waals surface area (Å²) < 4.78 is 16.8. The highest BCUT2D eigenvalue weighted by Crippen LogP contribution is 2.43. The van der Waals surface area contributed by atoms with Gasteiger partial charge in [-0.2, -0.15) is 10.2 Å². The Kier molecular flexibility index (Phi) is 7.11. The summed E-state index contributed by atoms with van der Waals surface area (Å²) in [6.07, 6.45) is 6.98. The van der Waals surface area contributed by atoms with E-state index in [1.54, 1.807) is 6.20 Å². The number of benzene rings is 1. The van der Waals surface area contributed by atoms with Gasteiger partial charge in [-0.1, -0.05) is 18.5 Å². The van der Waals surface area contributed by atoms with Crippen LogP contribution in [-0.2, 0) is 4.79 Å². The highest BCUT2D eigenvalue weighted by Gasteiger charge is 2.38. The summed E-state index contributed by atoms with van der Waals surface area (Å²) in [5, 5.41) is 25.6. The van der Waals surface area contributed by atoms with Gasteiger partial charge in [0.1, 0.15) is 11.3 Å². The number of aliphatic hydroxyl groups is 1. The van der Waals surface area contributed by atoms with Crippen molar-refractivity contribution in [1.82, 2.24) is 19.5 Å². The predicted molar refractivity (Wildman–Crippen MR) is 141 cm³/mol. The number of hydrogen-bond acceptors (Lipinski definition) is 8. The third kappa shape index (κ3) is 5.11. The molecule has 2 heterocycles. The maximum Gasteiger partial charge on any atom is 0.224 e. The quantitative estimate of drug-likeness (QED) is 0.355. The molecule has 0 unspecified atom stereocenters. The van der Waals surface area contributed by atoms with Crippen LogP contribution in [0.1, 0.15) is 69.9 Å². The van der Waals surface area contributed by atoms with Gasteiger partial charge in [-0.25, -0.2) is 14.4 Å². The molecule has 0 bridgehead atoms. The van der Waals surface area contributed by atoms with Crippen molar-refractivity contribution in [2.75, 3.05) is 10.6 Å². The van der Waals surface area contributed by atoms with Gasteiger partial charge in [0, 0.05) is 17.5 Å². The summed E-state index contributed by atoms with van der Waals surface area (Å²) in [6.45, 7) is 1.88. The molecule has 2 aliphatic carbocycles. The summed E-state index contributed by atoms with van der Waals surface area (Å²) in [5.74, 6) is -0.246. The molecule has 2 aliphatic rings. The van der Waals surface area contributed by atoms with Crippen LogP contribution in [0.2, 0.25) is 5.02 Å². The van der Waals surface area contributed by atoms with Crippen molar-refractivity contribution in [3.05, 3.63) is 34.7 Å². The van der Waals surface area contributed by atoms with Crippen LogP contribution in [0.4, 0.5) is 22.0 Å². The second-order valence-corrected chi connectivity index (χ2v) is 11.0. The number of halogens is 2. The lowest BCUT2D eigenvalue weighted by molar-refractivity contribution is -0.128. The molecule has 38 heavy (non-hydrogen) atoms. The van der Waals surface area contributed by atoms with Gasteiger partial charge in [-0.3, -0.25) is 9.36 Å². The number of nitrogens with one attached hydrogen (secondary N) is 2. The minimum absolute atomic E-state index is 0.00232. The van der Waals surface area contributed by atoms with Gasteiger partial charge in [0.05, 0.1) is 34.6 Å². The number of nitrogens with zero attached hydrogens (tertiary/aromatic N) is 5. The molecular weight excluding hydrogens is 511 g/mol. The van der Waals surface area contributed by atoms with Crippen LogP contribution in [0.3, 0.4) is 0 Å². The Morgan fingerprint density at radius 1 is 1.29 bits per heavy atom. The van der Waals surface area contributed by atoms with Crippen molar-refractivity contribution in [1.29, 1.82) is 5.26 Å². The Labute approximate surface area is 224 Å². The van der Waals surface area contributed by atoms with Crippen molar-refractivity contribution in [2.45, 2.75) is 76.5 Å². The lowest BCUT2D eigenvalue weighted by atomic mass is 9.73. The number of carbonyl (C=O) groups is 1. The molecule has 2 fully saturated rings. The number of anilines is 3. The fraction of sp³-hybridized carbons (Fsp3) is 0.500. The fourth-order valence-electron chi connectivity index (χ4n) is 5.49. The molecule has 5 rings (SSSR count). The second-order valence-electron chi connectivity index (χ2n) is 10.6. The summed E-state index contributed by atoms with van der Waals surface area (Å²) in [4.78, 5) is 25.9.